The van der Waals surface area contributed by atoms with Gasteiger partial charge in [-0.3, -0.25) is 4.79 Å². The number of rotatable bonds is 7. The number of halogens is 2. The minimum Gasteiger partial charge on any atom is -0.412 e. The molecule has 3 rings (SSSR count). The molecular weight excluding hydrogens is 392 g/mol. The molecule has 7 nitrogen and oxygen atoms in total. The largest absolute Gasteiger partial charge is 0.412 e. The first kappa shape index (κ1) is 19.6. The molecule has 0 aliphatic heterocycles. The number of sulfone groups is 1. The van der Waals surface area contributed by atoms with Crippen molar-refractivity contribution in [3.8, 4) is 0 Å². The molecule has 28 heavy (non-hydrogen) atoms. The summed E-state index contributed by atoms with van der Waals surface area (Å²) in [4.78, 5) is 11.9. The van der Waals surface area contributed by atoms with E-state index in [-0.39, 0.29) is 30.0 Å². The van der Waals surface area contributed by atoms with Crippen molar-refractivity contribution < 1.29 is 26.4 Å². The zero-order valence-electron chi connectivity index (χ0n) is 14.4. The number of nitrogens with zero attached hydrogens (tertiary/aromatic N) is 2. The van der Waals surface area contributed by atoms with Crippen LogP contribution in [0.3, 0.4) is 0 Å². The average molecular weight is 407 g/mol. The first-order valence-electron chi connectivity index (χ1n) is 8.17. The van der Waals surface area contributed by atoms with Gasteiger partial charge in [0.15, 0.2) is 0 Å². The molecule has 0 spiro atoms. The lowest BCUT2D eigenvalue weighted by atomic mass is 10.2. The van der Waals surface area contributed by atoms with Gasteiger partial charge in [0.05, 0.1) is 5.75 Å². The summed E-state index contributed by atoms with van der Waals surface area (Å²) >= 11 is 0. The lowest BCUT2D eigenvalue weighted by Crippen LogP contribution is -2.25. The van der Waals surface area contributed by atoms with E-state index >= 15 is 0 Å². The Bertz CT molecular complexity index is 1080. The number of amides is 1. The number of aromatic nitrogens is 2. The normalized spacial score (nSPS) is 11.4. The van der Waals surface area contributed by atoms with Gasteiger partial charge in [-0.2, -0.15) is 0 Å². The Balaban J connectivity index is 1.58. The van der Waals surface area contributed by atoms with Gasteiger partial charge in [0.25, 0.3) is 5.91 Å². The van der Waals surface area contributed by atoms with E-state index in [1.54, 1.807) is 0 Å². The van der Waals surface area contributed by atoms with E-state index in [1.165, 1.54) is 42.5 Å². The van der Waals surface area contributed by atoms with Crippen LogP contribution in [0.5, 0.6) is 0 Å². The van der Waals surface area contributed by atoms with E-state index in [4.69, 9.17) is 4.42 Å². The van der Waals surface area contributed by atoms with Crippen LogP contribution in [0.2, 0.25) is 0 Å². The number of carbonyl (C=O) groups is 1. The van der Waals surface area contributed by atoms with Crippen LogP contribution >= 0.6 is 0 Å². The highest BCUT2D eigenvalue weighted by Crippen LogP contribution is 2.17. The lowest BCUT2D eigenvalue weighted by Gasteiger charge is -2.03. The van der Waals surface area contributed by atoms with Gasteiger partial charge in [-0.05, 0) is 30.3 Å². The van der Waals surface area contributed by atoms with E-state index in [0.717, 1.165) is 6.07 Å². The second kappa shape index (κ2) is 8.26. The molecule has 0 fully saturated rings. The van der Waals surface area contributed by atoms with Crippen molar-refractivity contribution >= 4 is 15.7 Å². The molecule has 2 aromatic carbocycles. The summed E-state index contributed by atoms with van der Waals surface area (Å²) in [5.41, 5.74) is 0.272. The van der Waals surface area contributed by atoms with Gasteiger partial charge in [0.2, 0.25) is 15.7 Å². The zero-order chi connectivity index (χ0) is 20.1. The summed E-state index contributed by atoms with van der Waals surface area (Å²) in [5.74, 6) is -2.12. The Morgan fingerprint density at radius 3 is 2.46 bits per heavy atom. The maximum atomic E-state index is 13.7. The van der Waals surface area contributed by atoms with E-state index in [9.17, 15) is 22.0 Å². The summed E-state index contributed by atoms with van der Waals surface area (Å²) in [7, 11) is -4.01. The molecule has 146 valence electrons. The van der Waals surface area contributed by atoms with Crippen LogP contribution in [0.1, 0.15) is 21.8 Å². The second-order valence-electron chi connectivity index (χ2n) is 5.82. The molecule has 0 saturated heterocycles. The molecule has 3 aromatic rings. The monoisotopic (exact) mass is 407 g/mol. The molecule has 0 radical (unpaired) electrons. The molecule has 0 saturated carbocycles. The van der Waals surface area contributed by atoms with Gasteiger partial charge >= 0.3 is 5.22 Å². The van der Waals surface area contributed by atoms with Gasteiger partial charge < -0.3 is 9.73 Å². The third-order valence-corrected chi connectivity index (χ3v) is 5.14. The maximum absolute atomic E-state index is 13.7. The molecule has 0 aliphatic carbocycles. The standard InChI is InChI=1S/C18H15F2N3O4S/c19-14-7-5-12(6-8-14)17(24)21-10-9-16-22-23-18(27-16)28(25,26)11-13-3-1-2-4-15(13)20/h1-8H,9-11H2,(H,21,24). The maximum Gasteiger partial charge on any atom is 0.335 e. The van der Waals surface area contributed by atoms with Crippen LogP contribution in [-0.2, 0) is 22.0 Å². The summed E-state index contributed by atoms with van der Waals surface area (Å²) in [6.45, 7) is 0.102. The van der Waals surface area contributed by atoms with Crippen LogP contribution in [0.25, 0.3) is 0 Å². The number of hydrogen-bond acceptors (Lipinski definition) is 6. The predicted molar refractivity (Wildman–Crippen MR) is 94.0 cm³/mol. The molecule has 1 heterocycles. The van der Waals surface area contributed by atoms with Crippen LogP contribution < -0.4 is 5.32 Å². The fourth-order valence-electron chi connectivity index (χ4n) is 2.33. The van der Waals surface area contributed by atoms with Crippen molar-refractivity contribution in [2.24, 2.45) is 0 Å². The summed E-state index contributed by atoms with van der Waals surface area (Å²) in [6.07, 6.45) is 0.0924. The van der Waals surface area contributed by atoms with Crippen LogP contribution in [0.15, 0.2) is 58.2 Å². The van der Waals surface area contributed by atoms with Crippen molar-refractivity contribution in [2.75, 3.05) is 6.54 Å². The van der Waals surface area contributed by atoms with Gasteiger partial charge in [0.1, 0.15) is 11.6 Å². The van der Waals surface area contributed by atoms with E-state index in [1.807, 2.05) is 0 Å². The number of hydrogen-bond donors (Lipinski definition) is 1. The fraction of sp³-hybridized carbons (Fsp3) is 0.167. The predicted octanol–water partition coefficient (Wildman–Crippen LogP) is 2.29. The van der Waals surface area contributed by atoms with Crippen molar-refractivity contribution in [1.29, 1.82) is 0 Å². The highest BCUT2D eigenvalue weighted by atomic mass is 32.2. The van der Waals surface area contributed by atoms with Crippen molar-refractivity contribution in [1.82, 2.24) is 15.5 Å². The van der Waals surface area contributed by atoms with Crippen LogP contribution in [0.4, 0.5) is 8.78 Å². The number of nitrogens with one attached hydrogen (secondary N) is 1. The molecule has 0 unspecified atom stereocenters. The smallest absolute Gasteiger partial charge is 0.335 e. The van der Waals surface area contributed by atoms with Gasteiger partial charge in [-0.15, -0.1) is 5.10 Å². The highest BCUT2D eigenvalue weighted by molar-refractivity contribution is 7.90. The SMILES string of the molecule is O=C(NCCc1nnc(S(=O)(=O)Cc2ccccc2F)o1)c1ccc(F)cc1. The molecule has 0 bridgehead atoms. The van der Waals surface area contributed by atoms with Crippen molar-refractivity contribution in [2.45, 2.75) is 17.4 Å². The van der Waals surface area contributed by atoms with Crippen LogP contribution in [-0.4, -0.2) is 31.1 Å². The number of benzene rings is 2. The highest BCUT2D eigenvalue weighted by Gasteiger charge is 2.24. The Labute approximate surface area is 159 Å². The van der Waals surface area contributed by atoms with E-state index in [0.29, 0.717) is 0 Å². The van der Waals surface area contributed by atoms with Gasteiger partial charge in [-0.1, -0.05) is 23.3 Å². The Kier molecular flexibility index (Phi) is 5.78. The Morgan fingerprint density at radius 2 is 1.75 bits per heavy atom. The van der Waals surface area contributed by atoms with Gasteiger partial charge in [-0.25, -0.2) is 17.2 Å². The third kappa shape index (κ3) is 4.77. The fourth-order valence-corrected chi connectivity index (χ4v) is 3.49. The molecular formula is C18H15F2N3O4S. The second-order valence-corrected chi connectivity index (χ2v) is 7.69. The topological polar surface area (TPSA) is 102 Å². The zero-order valence-corrected chi connectivity index (χ0v) is 15.2. The quantitative estimate of drug-likeness (QED) is 0.645. The molecule has 1 N–H and O–H groups in total. The number of carbonyl (C=O) groups excluding carboxylic acids is 1. The lowest BCUT2D eigenvalue weighted by molar-refractivity contribution is 0.0953. The van der Waals surface area contributed by atoms with Crippen LogP contribution in [0, 0.1) is 11.6 Å². The van der Waals surface area contributed by atoms with Crippen molar-refractivity contribution in [3.05, 3.63) is 77.2 Å². The Hall–Kier alpha value is -3.14. The molecule has 1 aromatic heterocycles. The summed E-state index contributed by atoms with van der Waals surface area (Å²) in [6, 6.07) is 10.5. The third-order valence-electron chi connectivity index (χ3n) is 3.75. The van der Waals surface area contributed by atoms with E-state index < -0.39 is 38.4 Å². The molecule has 0 atom stereocenters. The molecule has 0 aliphatic rings. The minimum atomic E-state index is -4.01. The minimum absolute atomic E-state index is 0.00573. The average Bonchev–Trinajstić information content (AvgIpc) is 3.14. The first-order valence-corrected chi connectivity index (χ1v) is 9.83. The molecule has 10 heteroatoms. The van der Waals surface area contributed by atoms with Gasteiger partial charge in [0, 0.05) is 24.1 Å². The first-order chi connectivity index (χ1) is 13.3. The Morgan fingerprint density at radius 1 is 1.04 bits per heavy atom. The summed E-state index contributed by atoms with van der Waals surface area (Å²) < 4.78 is 56.2. The molecule has 1 amide bonds. The van der Waals surface area contributed by atoms with Crippen molar-refractivity contribution in [3.63, 3.8) is 0 Å². The summed E-state index contributed by atoms with van der Waals surface area (Å²) in [5, 5.41) is 9.09. The van der Waals surface area contributed by atoms with E-state index in [2.05, 4.69) is 15.5 Å².